The Bertz CT molecular complexity index is 605. The van der Waals surface area contributed by atoms with Gasteiger partial charge in [0, 0.05) is 12.2 Å². The van der Waals surface area contributed by atoms with Crippen LogP contribution in [0.25, 0.3) is 0 Å². The number of carbonyl (C=O) groups is 1. The fraction of sp³-hybridized carbons (Fsp3) is 0.364. The molecule has 0 aliphatic rings. The molecule has 1 aromatic carbocycles. The number of ether oxygens (including phenoxy) is 1. The first-order valence-electron chi connectivity index (χ1n) is 5.67. The number of carbonyl (C=O) groups excluding carboxylic acids is 1. The third kappa shape index (κ3) is 4.14. The normalized spacial score (nSPS) is 11.3. The van der Waals surface area contributed by atoms with Crippen LogP contribution in [0.5, 0.6) is 0 Å². The van der Waals surface area contributed by atoms with E-state index in [1.54, 1.807) is 6.92 Å². The first-order chi connectivity index (χ1) is 9.27. The van der Waals surface area contributed by atoms with E-state index in [-0.39, 0.29) is 25.3 Å². The molecule has 0 amide bonds. The van der Waals surface area contributed by atoms with Crippen molar-refractivity contribution in [2.24, 2.45) is 0 Å². The fourth-order valence-corrected chi connectivity index (χ4v) is 2.53. The number of anilines is 1. The molecule has 0 radical (unpaired) electrons. The molecule has 0 unspecified atom stereocenters. The lowest BCUT2D eigenvalue weighted by Crippen LogP contribution is -2.28. The molecule has 3 N–H and O–H groups in total. The second kappa shape index (κ2) is 6.62. The van der Waals surface area contributed by atoms with Gasteiger partial charge in [0.1, 0.15) is 4.90 Å². The van der Waals surface area contributed by atoms with E-state index in [4.69, 9.17) is 5.73 Å². The van der Waals surface area contributed by atoms with Crippen LogP contribution in [0.1, 0.15) is 13.3 Å². The Kier molecular flexibility index (Phi) is 5.40. The van der Waals surface area contributed by atoms with Gasteiger partial charge in [-0.15, -0.1) is 0 Å². The van der Waals surface area contributed by atoms with Gasteiger partial charge in [-0.25, -0.2) is 21.9 Å². The van der Waals surface area contributed by atoms with E-state index < -0.39 is 32.5 Å². The number of sulfonamides is 1. The summed E-state index contributed by atoms with van der Waals surface area (Å²) < 4.78 is 56.7. The highest BCUT2D eigenvalue weighted by atomic mass is 32.2. The molecule has 0 bridgehead atoms. The molecule has 1 aromatic rings. The van der Waals surface area contributed by atoms with Crippen molar-refractivity contribution in [3.8, 4) is 0 Å². The Morgan fingerprint density at radius 1 is 1.40 bits per heavy atom. The maximum absolute atomic E-state index is 13.4. The van der Waals surface area contributed by atoms with Crippen molar-refractivity contribution in [3.05, 3.63) is 23.8 Å². The summed E-state index contributed by atoms with van der Waals surface area (Å²) in [6.45, 7) is 1.48. The Balaban J connectivity index is 2.82. The van der Waals surface area contributed by atoms with E-state index in [1.165, 1.54) is 0 Å². The summed E-state index contributed by atoms with van der Waals surface area (Å²) in [5.74, 6) is -3.49. The first kappa shape index (κ1) is 16.3. The van der Waals surface area contributed by atoms with Gasteiger partial charge in [-0.05, 0) is 19.1 Å². The van der Waals surface area contributed by atoms with E-state index in [9.17, 15) is 22.0 Å². The number of nitrogen functional groups attached to an aromatic ring is 1. The summed E-state index contributed by atoms with van der Waals surface area (Å²) in [5.41, 5.74) is 5.04. The maximum Gasteiger partial charge on any atom is 0.307 e. The number of halogens is 2. The van der Waals surface area contributed by atoms with Gasteiger partial charge in [-0.3, -0.25) is 4.79 Å². The zero-order valence-electron chi connectivity index (χ0n) is 10.7. The Labute approximate surface area is 115 Å². The Hall–Kier alpha value is -1.74. The molecule has 0 saturated carbocycles. The summed E-state index contributed by atoms with van der Waals surface area (Å²) in [7, 11) is -4.30. The van der Waals surface area contributed by atoms with E-state index in [1.807, 2.05) is 4.72 Å². The zero-order valence-corrected chi connectivity index (χ0v) is 11.5. The molecular formula is C11H14F2N2O4S. The largest absolute Gasteiger partial charge is 0.466 e. The van der Waals surface area contributed by atoms with Crippen LogP contribution in [0, 0.1) is 11.6 Å². The van der Waals surface area contributed by atoms with Crippen molar-refractivity contribution in [1.82, 2.24) is 4.72 Å². The van der Waals surface area contributed by atoms with Crippen LogP contribution in [0.2, 0.25) is 0 Å². The van der Waals surface area contributed by atoms with Crippen LogP contribution in [0.3, 0.4) is 0 Å². The number of nitrogens with one attached hydrogen (secondary N) is 1. The summed E-state index contributed by atoms with van der Waals surface area (Å²) in [4.78, 5) is 10.1. The predicted octanol–water partition coefficient (Wildman–Crippen LogP) is 0.778. The average Bonchev–Trinajstić information content (AvgIpc) is 2.33. The molecule has 0 fully saturated rings. The lowest BCUT2D eigenvalue weighted by atomic mass is 10.3. The molecule has 0 aliphatic heterocycles. The number of rotatable bonds is 6. The minimum atomic E-state index is -4.30. The summed E-state index contributed by atoms with van der Waals surface area (Å²) in [6, 6.07) is 1.47. The lowest BCUT2D eigenvalue weighted by Gasteiger charge is -2.08. The van der Waals surface area contributed by atoms with Gasteiger partial charge < -0.3 is 10.5 Å². The monoisotopic (exact) mass is 308 g/mol. The first-order valence-corrected chi connectivity index (χ1v) is 7.16. The SMILES string of the molecule is CCOC(=O)CCNS(=O)(=O)c1cc(N)cc(F)c1F. The smallest absolute Gasteiger partial charge is 0.307 e. The average molecular weight is 308 g/mol. The molecular weight excluding hydrogens is 294 g/mol. The third-order valence-electron chi connectivity index (χ3n) is 2.23. The molecule has 0 atom stereocenters. The van der Waals surface area contributed by atoms with Crippen molar-refractivity contribution in [1.29, 1.82) is 0 Å². The topological polar surface area (TPSA) is 98.5 Å². The van der Waals surface area contributed by atoms with Crippen LogP contribution in [-0.2, 0) is 19.6 Å². The number of esters is 1. The highest BCUT2D eigenvalue weighted by Crippen LogP contribution is 2.20. The highest BCUT2D eigenvalue weighted by molar-refractivity contribution is 7.89. The van der Waals surface area contributed by atoms with Crippen molar-refractivity contribution in [3.63, 3.8) is 0 Å². The van der Waals surface area contributed by atoms with Crippen molar-refractivity contribution < 1.29 is 26.7 Å². The molecule has 20 heavy (non-hydrogen) atoms. The summed E-state index contributed by atoms with van der Waals surface area (Å²) in [6.07, 6.45) is -0.223. The molecule has 1 rings (SSSR count). The van der Waals surface area contributed by atoms with Gasteiger partial charge in [0.15, 0.2) is 11.6 Å². The third-order valence-corrected chi connectivity index (χ3v) is 3.69. The van der Waals surface area contributed by atoms with Crippen LogP contribution in [0.15, 0.2) is 17.0 Å². The number of hydrogen-bond acceptors (Lipinski definition) is 5. The predicted molar refractivity (Wildman–Crippen MR) is 67.2 cm³/mol. The molecule has 0 heterocycles. The van der Waals surface area contributed by atoms with Crippen LogP contribution in [0.4, 0.5) is 14.5 Å². The minimum absolute atomic E-state index is 0.167. The van der Waals surface area contributed by atoms with E-state index in [0.29, 0.717) is 6.07 Å². The van der Waals surface area contributed by atoms with Crippen molar-refractivity contribution >= 4 is 21.7 Å². The van der Waals surface area contributed by atoms with Crippen LogP contribution < -0.4 is 10.5 Å². The highest BCUT2D eigenvalue weighted by Gasteiger charge is 2.22. The zero-order chi connectivity index (χ0) is 15.3. The van der Waals surface area contributed by atoms with Gasteiger partial charge >= 0.3 is 5.97 Å². The summed E-state index contributed by atoms with van der Waals surface area (Å²) >= 11 is 0. The Morgan fingerprint density at radius 2 is 2.05 bits per heavy atom. The quantitative estimate of drug-likeness (QED) is 0.597. The summed E-state index contributed by atoms with van der Waals surface area (Å²) in [5, 5.41) is 0. The second-order valence-corrected chi connectivity index (χ2v) is 5.50. The Morgan fingerprint density at radius 3 is 2.65 bits per heavy atom. The van der Waals surface area contributed by atoms with Crippen molar-refractivity contribution in [2.45, 2.75) is 18.2 Å². The molecule has 9 heteroatoms. The lowest BCUT2D eigenvalue weighted by molar-refractivity contribution is -0.142. The number of hydrogen-bond donors (Lipinski definition) is 2. The van der Waals surface area contributed by atoms with E-state index in [0.717, 1.165) is 6.07 Å². The fourth-order valence-electron chi connectivity index (χ4n) is 1.38. The van der Waals surface area contributed by atoms with Gasteiger partial charge in [-0.1, -0.05) is 0 Å². The van der Waals surface area contributed by atoms with Crippen LogP contribution in [-0.4, -0.2) is 27.5 Å². The number of nitrogens with two attached hydrogens (primary N) is 1. The van der Waals surface area contributed by atoms with Crippen molar-refractivity contribution in [2.75, 3.05) is 18.9 Å². The number of benzene rings is 1. The molecule has 0 spiro atoms. The van der Waals surface area contributed by atoms with Gasteiger partial charge in [0.05, 0.1) is 13.0 Å². The molecule has 0 aliphatic carbocycles. The van der Waals surface area contributed by atoms with Gasteiger partial charge in [0.2, 0.25) is 10.0 Å². The standard InChI is InChI=1S/C11H14F2N2O4S/c1-2-19-10(16)3-4-15-20(17,18)9-6-7(14)5-8(12)11(9)13/h5-6,15H,2-4,14H2,1H3. The van der Waals surface area contributed by atoms with Gasteiger partial charge in [0.25, 0.3) is 0 Å². The van der Waals surface area contributed by atoms with E-state index in [2.05, 4.69) is 4.74 Å². The minimum Gasteiger partial charge on any atom is -0.466 e. The van der Waals surface area contributed by atoms with Gasteiger partial charge in [-0.2, -0.15) is 0 Å². The molecule has 0 aromatic heterocycles. The molecule has 0 saturated heterocycles. The molecule has 112 valence electrons. The molecule has 6 nitrogen and oxygen atoms in total. The van der Waals surface area contributed by atoms with Crippen LogP contribution >= 0.6 is 0 Å². The second-order valence-electron chi connectivity index (χ2n) is 3.77. The maximum atomic E-state index is 13.4. The van der Waals surface area contributed by atoms with E-state index >= 15 is 0 Å².